The van der Waals surface area contributed by atoms with Crippen LogP contribution in [0.25, 0.3) is 0 Å². The number of piperidine rings is 2. The molecule has 0 spiro atoms. The van der Waals surface area contributed by atoms with Crippen LogP contribution >= 0.6 is 11.6 Å². The van der Waals surface area contributed by atoms with Gasteiger partial charge in [-0.2, -0.15) is 0 Å². The Hall–Kier alpha value is -2.31. The van der Waals surface area contributed by atoms with Crippen molar-refractivity contribution in [2.75, 3.05) is 43.9 Å². The number of anilines is 2. The first-order chi connectivity index (χ1) is 15.1. The zero-order valence-electron chi connectivity index (χ0n) is 18.2. The molecular weight excluding hydrogens is 410 g/mol. The maximum absolute atomic E-state index is 13.1. The molecule has 2 aromatic rings. The maximum atomic E-state index is 13.1. The number of hydrogen-bond acceptors (Lipinski definition) is 5. The maximum Gasteiger partial charge on any atom is 0.225 e. The second kappa shape index (κ2) is 10.3. The number of likely N-dealkylation sites (tertiary alicyclic amines) is 2. The molecule has 1 aromatic heterocycles. The van der Waals surface area contributed by atoms with Gasteiger partial charge in [-0.1, -0.05) is 11.6 Å². The molecule has 2 N–H and O–H groups in total. The van der Waals surface area contributed by atoms with Crippen LogP contribution < -0.4 is 10.6 Å². The molecule has 2 fully saturated rings. The van der Waals surface area contributed by atoms with Crippen molar-refractivity contribution in [3.63, 3.8) is 0 Å². The number of nitrogens with one attached hydrogen (secondary N) is 2. The lowest BCUT2D eigenvalue weighted by Crippen LogP contribution is -2.47. The number of hydrogen-bond donors (Lipinski definition) is 2. The summed E-state index contributed by atoms with van der Waals surface area (Å²) < 4.78 is 0. The van der Waals surface area contributed by atoms with Crippen molar-refractivity contribution in [2.45, 2.75) is 38.3 Å². The topological polar surface area (TPSA) is 60.5 Å². The third-order valence-corrected chi connectivity index (χ3v) is 6.70. The molecule has 1 amide bonds. The summed E-state index contributed by atoms with van der Waals surface area (Å²) in [6, 6.07) is 12.4. The number of halogens is 1. The summed E-state index contributed by atoms with van der Waals surface area (Å²) in [6.07, 6.45) is 5.73. The van der Waals surface area contributed by atoms with Crippen LogP contribution in [0.2, 0.25) is 5.02 Å². The molecule has 0 atom stereocenters. The summed E-state index contributed by atoms with van der Waals surface area (Å²) in [5, 5.41) is 7.41. The average Bonchev–Trinajstić information content (AvgIpc) is 2.81. The van der Waals surface area contributed by atoms with Crippen molar-refractivity contribution in [2.24, 2.45) is 5.92 Å². The fourth-order valence-corrected chi connectivity index (χ4v) is 4.72. The number of amides is 1. The van der Waals surface area contributed by atoms with Gasteiger partial charge >= 0.3 is 0 Å². The summed E-state index contributed by atoms with van der Waals surface area (Å²) in [6.45, 7) is 4.55. The van der Waals surface area contributed by atoms with E-state index < -0.39 is 0 Å². The molecule has 0 bridgehead atoms. The number of pyridine rings is 1. The highest BCUT2D eigenvalue weighted by Gasteiger charge is 2.30. The van der Waals surface area contributed by atoms with Gasteiger partial charge in [0.15, 0.2) is 0 Å². The minimum absolute atomic E-state index is 0.169. The molecule has 0 aliphatic carbocycles. The lowest BCUT2D eigenvalue weighted by atomic mass is 9.93. The number of benzene rings is 1. The third kappa shape index (κ3) is 5.89. The first-order valence-corrected chi connectivity index (χ1v) is 11.6. The van der Waals surface area contributed by atoms with Gasteiger partial charge in [0, 0.05) is 55.5 Å². The molecule has 166 valence electrons. The van der Waals surface area contributed by atoms with Crippen LogP contribution in [0.5, 0.6) is 0 Å². The van der Waals surface area contributed by atoms with E-state index in [1.807, 2.05) is 37.5 Å². The number of aromatic nitrogens is 1. The second-order valence-corrected chi connectivity index (χ2v) is 9.04. The van der Waals surface area contributed by atoms with Gasteiger partial charge in [-0.05, 0) is 80.7 Å². The second-order valence-electron chi connectivity index (χ2n) is 8.60. The summed E-state index contributed by atoms with van der Waals surface area (Å²) in [7, 11) is 1.89. The Kier molecular flexibility index (Phi) is 7.30. The number of rotatable bonds is 6. The standard InChI is InChI=1S/C24H32ClN5O/c1-26-23-16-18(6-11-27-23)17-29-12-7-19(8-13-29)24(31)30-14-9-22(10-15-30)28-21-4-2-20(25)3-5-21/h2-6,11,16,19,22,28H,7-10,12-15,17H2,1H3,(H,26,27). The van der Waals surface area contributed by atoms with Crippen LogP contribution in [-0.2, 0) is 11.3 Å². The van der Waals surface area contributed by atoms with Gasteiger partial charge in [-0.15, -0.1) is 0 Å². The molecule has 0 saturated carbocycles. The summed E-state index contributed by atoms with van der Waals surface area (Å²) >= 11 is 5.96. The molecule has 1 aromatic carbocycles. The van der Waals surface area contributed by atoms with Gasteiger partial charge in [0.05, 0.1) is 0 Å². The Labute approximate surface area is 190 Å². The van der Waals surface area contributed by atoms with Crippen molar-refractivity contribution in [3.8, 4) is 0 Å². The lowest BCUT2D eigenvalue weighted by Gasteiger charge is -2.37. The SMILES string of the molecule is CNc1cc(CN2CCC(C(=O)N3CCC(Nc4ccc(Cl)cc4)CC3)CC2)ccn1. The molecule has 2 aliphatic rings. The monoisotopic (exact) mass is 441 g/mol. The summed E-state index contributed by atoms with van der Waals surface area (Å²) in [5.41, 5.74) is 2.36. The van der Waals surface area contributed by atoms with E-state index >= 15 is 0 Å². The molecule has 4 rings (SSSR count). The van der Waals surface area contributed by atoms with Gasteiger partial charge in [0.1, 0.15) is 5.82 Å². The highest BCUT2D eigenvalue weighted by Crippen LogP contribution is 2.24. The summed E-state index contributed by atoms with van der Waals surface area (Å²) in [4.78, 5) is 21.9. The Morgan fingerprint density at radius 1 is 1.06 bits per heavy atom. The van der Waals surface area contributed by atoms with Crippen molar-refractivity contribution < 1.29 is 4.79 Å². The Morgan fingerprint density at radius 3 is 2.45 bits per heavy atom. The van der Waals surface area contributed by atoms with E-state index in [0.717, 1.165) is 74.9 Å². The molecule has 31 heavy (non-hydrogen) atoms. The van der Waals surface area contributed by atoms with Crippen LogP contribution in [-0.4, -0.2) is 60.0 Å². The lowest BCUT2D eigenvalue weighted by molar-refractivity contribution is -0.138. The zero-order valence-corrected chi connectivity index (χ0v) is 18.9. The van der Waals surface area contributed by atoms with E-state index in [-0.39, 0.29) is 5.92 Å². The average molecular weight is 442 g/mol. The molecule has 2 saturated heterocycles. The number of carbonyl (C=O) groups is 1. The van der Waals surface area contributed by atoms with Crippen LogP contribution in [0, 0.1) is 5.92 Å². The Bertz CT molecular complexity index is 859. The molecule has 0 radical (unpaired) electrons. The summed E-state index contributed by atoms with van der Waals surface area (Å²) in [5.74, 6) is 1.42. The van der Waals surface area contributed by atoms with Crippen LogP contribution in [0.15, 0.2) is 42.6 Å². The fourth-order valence-electron chi connectivity index (χ4n) is 4.59. The van der Waals surface area contributed by atoms with Gasteiger partial charge in [-0.3, -0.25) is 9.69 Å². The van der Waals surface area contributed by atoms with Crippen molar-refractivity contribution in [1.29, 1.82) is 0 Å². The van der Waals surface area contributed by atoms with Crippen molar-refractivity contribution >= 4 is 29.0 Å². The minimum atomic E-state index is 0.169. The van der Waals surface area contributed by atoms with E-state index in [2.05, 4.69) is 37.6 Å². The van der Waals surface area contributed by atoms with Gasteiger partial charge in [0.2, 0.25) is 5.91 Å². The third-order valence-electron chi connectivity index (χ3n) is 6.45. The first kappa shape index (κ1) is 21.9. The highest BCUT2D eigenvalue weighted by molar-refractivity contribution is 6.30. The predicted molar refractivity (Wildman–Crippen MR) is 126 cm³/mol. The van der Waals surface area contributed by atoms with E-state index in [4.69, 9.17) is 11.6 Å². The van der Waals surface area contributed by atoms with Crippen LogP contribution in [0.3, 0.4) is 0 Å². The number of nitrogens with zero attached hydrogens (tertiary/aromatic N) is 3. The van der Waals surface area contributed by atoms with E-state index in [1.165, 1.54) is 5.56 Å². The Balaban J connectivity index is 1.20. The fraction of sp³-hybridized carbons (Fsp3) is 0.500. The van der Waals surface area contributed by atoms with Gasteiger partial charge in [-0.25, -0.2) is 4.98 Å². The first-order valence-electron chi connectivity index (χ1n) is 11.3. The Morgan fingerprint density at radius 2 is 1.77 bits per heavy atom. The molecule has 6 nitrogen and oxygen atoms in total. The predicted octanol–water partition coefficient (Wildman–Crippen LogP) is 4.09. The highest BCUT2D eigenvalue weighted by atomic mass is 35.5. The zero-order chi connectivity index (χ0) is 21.6. The van der Waals surface area contributed by atoms with E-state index in [9.17, 15) is 4.79 Å². The van der Waals surface area contributed by atoms with Gasteiger partial charge in [0.25, 0.3) is 0 Å². The van der Waals surface area contributed by atoms with E-state index in [0.29, 0.717) is 11.9 Å². The van der Waals surface area contributed by atoms with Crippen molar-refractivity contribution in [1.82, 2.24) is 14.8 Å². The quantitative estimate of drug-likeness (QED) is 0.706. The molecule has 2 aliphatic heterocycles. The largest absolute Gasteiger partial charge is 0.382 e. The minimum Gasteiger partial charge on any atom is -0.382 e. The molecule has 0 unspecified atom stereocenters. The molecule has 3 heterocycles. The van der Waals surface area contributed by atoms with Crippen LogP contribution in [0.1, 0.15) is 31.2 Å². The van der Waals surface area contributed by atoms with Crippen LogP contribution in [0.4, 0.5) is 11.5 Å². The molecular formula is C24H32ClN5O. The molecule has 7 heteroatoms. The normalized spacial score (nSPS) is 18.7. The number of carbonyl (C=O) groups excluding carboxylic acids is 1. The van der Waals surface area contributed by atoms with E-state index in [1.54, 1.807) is 0 Å². The van der Waals surface area contributed by atoms with Gasteiger partial charge < -0.3 is 15.5 Å². The van der Waals surface area contributed by atoms with Crippen molar-refractivity contribution in [3.05, 3.63) is 53.2 Å². The smallest absolute Gasteiger partial charge is 0.225 e.